The van der Waals surface area contributed by atoms with Crippen LogP contribution < -0.4 is 0 Å². The van der Waals surface area contributed by atoms with E-state index in [-0.39, 0.29) is 5.78 Å². The van der Waals surface area contributed by atoms with Gasteiger partial charge in [-0.2, -0.15) is 5.10 Å². The Morgan fingerprint density at radius 1 is 1.60 bits per heavy atom. The Morgan fingerprint density at radius 2 is 2.40 bits per heavy atom. The standard InChI is InChI=1S/C10H12N4O/c1-3-14-5-4-11-10(14)9(15)8-7(2)6-12-13-8/h4-6H,3H2,1-2H3,(H,12,13). The molecule has 1 N–H and O–H groups in total. The Labute approximate surface area is 87.1 Å². The first kappa shape index (κ1) is 9.64. The minimum Gasteiger partial charge on any atom is -0.328 e. The molecule has 5 heteroatoms. The molecule has 78 valence electrons. The van der Waals surface area contributed by atoms with Gasteiger partial charge in [0.1, 0.15) is 5.69 Å². The molecule has 0 aliphatic carbocycles. The number of nitrogens with zero attached hydrogens (tertiary/aromatic N) is 3. The van der Waals surface area contributed by atoms with Gasteiger partial charge in [-0.1, -0.05) is 0 Å². The normalized spacial score (nSPS) is 10.5. The van der Waals surface area contributed by atoms with Crippen LogP contribution in [0.1, 0.15) is 28.8 Å². The summed E-state index contributed by atoms with van der Waals surface area (Å²) in [7, 11) is 0. The van der Waals surface area contributed by atoms with Crippen LogP contribution in [0, 0.1) is 6.92 Å². The van der Waals surface area contributed by atoms with Crippen LogP contribution in [0.25, 0.3) is 0 Å². The van der Waals surface area contributed by atoms with E-state index in [4.69, 9.17) is 0 Å². The maximum atomic E-state index is 12.0. The fourth-order valence-corrected chi connectivity index (χ4v) is 1.46. The number of aromatic amines is 1. The van der Waals surface area contributed by atoms with Crippen LogP contribution in [-0.4, -0.2) is 25.5 Å². The average Bonchev–Trinajstić information content (AvgIpc) is 2.84. The summed E-state index contributed by atoms with van der Waals surface area (Å²) in [6.07, 6.45) is 5.05. The Hall–Kier alpha value is -1.91. The van der Waals surface area contributed by atoms with Gasteiger partial charge < -0.3 is 4.57 Å². The lowest BCUT2D eigenvalue weighted by Gasteiger charge is -2.02. The van der Waals surface area contributed by atoms with Crippen LogP contribution in [0.5, 0.6) is 0 Å². The lowest BCUT2D eigenvalue weighted by atomic mass is 10.2. The molecule has 0 bridgehead atoms. The van der Waals surface area contributed by atoms with E-state index in [1.54, 1.807) is 18.6 Å². The van der Waals surface area contributed by atoms with E-state index in [1.807, 2.05) is 18.4 Å². The quantitative estimate of drug-likeness (QED) is 0.763. The molecule has 0 fully saturated rings. The summed E-state index contributed by atoms with van der Waals surface area (Å²) in [5.74, 6) is 0.335. The Kier molecular flexibility index (Phi) is 2.37. The van der Waals surface area contributed by atoms with Crippen molar-refractivity contribution >= 4 is 5.78 Å². The number of hydrogen-bond acceptors (Lipinski definition) is 3. The van der Waals surface area contributed by atoms with Crippen LogP contribution in [0.4, 0.5) is 0 Å². The first-order chi connectivity index (χ1) is 7.24. The van der Waals surface area contributed by atoms with Gasteiger partial charge in [-0.05, 0) is 19.4 Å². The smallest absolute Gasteiger partial charge is 0.246 e. The molecule has 2 heterocycles. The first-order valence-corrected chi connectivity index (χ1v) is 4.79. The zero-order valence-electron chi connectivity index (χ0n) is 8.69. The summed E-state index contributed by atoms with van der Waals surface area (Å²) in [6, 6.07) is 0. The number of nitrogens with one attached hydrogen (secondary N) is 1. The molecule has 0 atom stereocenters. The van der Waals surface area contributed by atoms with Gasteiger partial charge >= 0.3 is 0 Å². The molecule has 0 aliphatic heterocycles. The van der Waals surface area contributed by atoms with Gasteiger partial charge in [0.25, 0.3) is 0 Å². The SMILES string of the molecule is CCn1ccnc1C(=O)c1[nH]ncc1C. The number of hydrogen-bond donors (Lipinski definition) is 1. The van der Waals surface area contributed by atoms with E-state index in [0.717, 1.165) is 12.1 Å². The van der Waals surface area contributed by atoms with Gasteiger partial charge in [0.2, 0.25) is 5.78 Å². The molecule has 2 aromatic heterocycles. The van der Waals surface area contributed by atoms with Crippen molar-refractivity contribution in [1.82, 2.24) is 19.7 Å². The van der Waals surface area contributed by atoms with Gasteiger partial charge in [0.15, 0.2) is 5.82 Å². The highest BCUT2D eigenvalue weighted by Crippen LogP contribution is 2.09. The molecule has 5 nitrogen and oxygen atoms in total. The second-order valence-corrected chi connectivity index (χ2v) is 3.29. The second-order valence-electron chi connectivity index (χ2n) is 3.29. The van der Waals surface area contributed by atoms with Crippen molar-refractivity contribution in [2.45, 2.75) is 20.4 Å². The molecule has 2 rings (SSSR count). The molecule has 0 unspecified atom stereocenters. The van der Waals surface area contributed by atoms with Crippen molar-refractivity contribution < 1.29 is 4.79 Å². The Bertz CT molecular complexity index is 483. The molecule has 0 radical (unpaired) electrons. The van der Waals surface area contributed by atoms with Crippen LogP contribution in [0.3, 0.4) is 0 Å². The minimum absolute atomic E-state index is 0.114. The zero-order chi connectivity index (χ0) is 10.8. The van der Waals surface area contributed by atoms with E-state index in [1.165, 1.54) is 0 Å². The highest BCUT2D eigenvalue weighted by Gasteiger charge is 2.17. The lowest BCUT2D eigenvalue weighted by Crippen LogP contribution is -2.11. The molecule has 0 aliphatic rings. The van der Waals surface area contributed by atoms with Crippen molar-refractivity contribution in [3.8, 4) is 0 Å². The van der Waals surface area contributed by atoms with Crippen molar-refractivity contribution in [3.05, 3.63) is 35.7 Å². The number of carbonyl (C=O) groups excluding carboxylic acids is 1. The molecular weight excluding hydrogens is 192 g/mol. The fraction of sp³-hybridized carbons (Fsp3) is 0.300. The van der Waals surface area contributed by atoms with E-state index in [9.17, 15) is 4.79 Å². The summed E-state index contributed by atoms with van der Waals surface area (Å²) < 4.78 is 1.81. The first-order valence-electron chi connectivity index (χ1n) is 4.79. The maximum Gasteiger partial charge on any atom is 0.246 e. The number of imidazole rings is 1. The minimum atomic E-state index is -0.114. The molecular formula is C10H12N4O. The highest BCUT2D eigenvalue weighted by atomic mass is 16.1. The number of H-pyrrole nitrogens is 1. The van der Waals surface area contributed by atoms with Crippen molar-refractivity contribution in [3.63, 3.8) is 0 Å². The molecule has 0 saturated carbocycles. The number of aromatic nitrogens is 4. The topological polar surface area (TPSA) is 63.6 Å². The monoisotopic (exact) mass is 204 g/mol. The highest BCUT2D eigenvalue weighted by molar-refractivity contribution is 6.06. The summed E-state index contributed by atoms with van der Waals surface area (Å²) in [6.45, 7) is 4.54. The third-order valence-corrected chi connectivity index (χ3v) is 2.32. The van der Waals surface area contributed by atoms with Gasteiger partial charge in [-0.3, -0.25) is 9.89 Å². The van der Waals surface area contributed by atoms with Crippen LogP contribution in [-0.2, 0) is 6.54 Å². The third-order valence-electron chi connectivity index (χ3n) is 2.32. The summed E-state index contributed by atoms with van der Waals surface area (Å²) in [4.78, 5) is 16.1. The maximum absolute atomic E-state index is 12.0. The van der Waals surface area contributed by atoms with E-state index >= 15 is 0 Å². The molecule has 0 amide bonds. The van der Waals surface area contributed by atoms with Crippen molar-refractivity contribution in [1.29, 1.82) is 0 Å². The molecule has 15 heavy (non-hydrogen) atoms. The van der Waals surface area contributed by atoms with Gasteiger partial charge in [-0.25, -0.2) is 4.98 Å². The molecule has 0 aromatic carbocycles. The molecule has 0 spiro atoms. The lowest BCUT2D eigenvalue weighted by molar-refractivity contribution is 0.102. The predicted molar refractivity (Wildman–Crippen MR) is 54.7 cm³/mol. The van der Waals surface area contributed by atoms with Crippen molar-refractivity contribution in [2.24, 2.45) is 0 Å². The zero-order valence-corrected chi connectivity index (χ0v) is 8.69. The average molecular weight is 204 g/mol. The van der Waals surface area contributed by atoms with E-state index < -0.39 is 0 Å². The predicted octanol–water partition coefficient (Wildman–Crippen LogP) is 1.17. The Morgan fingerprint density at radius 3 is 3.00 bits per heavy atom. The summed E-state index contributed by atoms with van der Waals surface area (Å²) in [5, 5.41) is 6.52. The third kappa shape index (κ3) is 1.56. The fourth-order valence-electron chi connectivity index (χ4n) is 1.46. The molecule has 0 saturated heterocycles. The summed E-state index contributed by atoms with van der Waals surface area (Å²) >= 11 is 0. The van der Waals surface area contributed by atoms with E-state index in [2.05, 4.69) is 15.2 Å². The summed E-state index contributed by atoms with van der Waals surface area (Å²) in [5.41, 5.74) is 1.35. The number of carbonyl (C=O) groups is 1. The van der Waals surface area contributed by atoms with E-state index in [0.29, 0.717) is 11.5 Å². The van der Waals surface area contributed by atoms with Crippen LogP contribution >= 0.6 is 0 Å². The number of aryl methyl sites for hydroxylation is 2. The van der Waals surface area contributed by atoms with Gasteiger partial charge in [0, 0.05) is 18.9 Å². The number of rotatable bonds is 3. The Balaban J connectivity index is 2.41. The largest absolute Gasteiger partial charge is 0.328 e. The number of ketones is 1. The van der Waals surface area contributed by atoms with Crippen LogP contribution in [0.15, 0.2) is 18.6 Å². The molecule has 2 aromatic rings. The van der Waals surface area contributed by atoms with Crippen LogP contribution in [0.2, 0.25) is 0 Å². The van der Waals surface area contributed by atoms with Gasteiger partial charge in [-0.15, -0.1) is 0 Å². The van der Waals surface area contributed by atoms with Gasteiger partial charge in [0.05, 0.1) is 6.20 Å². The second kappa shape index (κ2) is 3.68. The van der Waals surface area contributed by atoms with Crippen molar-refractivity contribution in [2.75, 3.05) is 0 Å².